The highest BCUT2D eigenvalue weighted by Gasteiger charge is 2.41. The second-order valence-electron chi connectivity index (χ2n) is 7.45. The normalized spacial score (nSPS) is 18.4. The number of ether oxygens (including phenoxy) is 2. The number of hydrogen-bond acceptors (Lipinski definition) is 5. The molecule has 5 rings (SSSR count). The lowest BCUT2D eigenvalue weighted by atomic mass is 10.0. The van der Waals surface area contributed by atoms with Crippen LogP contribution in [0.3, 0.4) is 0 Å². The highest BCUT2D eigenvalue weighted by Crippen LogP contribution is 2.33. The number of carbonyl (C=O) groups excluding carboxylic acids is 1. The third-order valence-corrected chi connectivity index (χ3v) is 6.44. The summed E-state index contributed by atoms with van der Waals surface area (Å²) in [7, 11) is 0. The molecule has 2 fully saturated rings. The largest absolute Gasteiger partial charge is 0.347 e. The third-order valence-electron chi connectivity index (χ3n) is 5.56. The lowest BCUT2D eigenvalue weighted by Crippen LogP contribution is -2.47. The first-order valence-electron chi connectivity index (χ1n) is 9.95. The molecule has 0 N–H and O–H groups in total. The molecule has 6 nitrogen and oxygen atoms in total. The number of likely N-dealkylation sites (tertiary alicyclic amines) is 1. The van der Waals surface area contributed by atoms with Crippen LogP contribution in [0, 0.1) is 0 Å². The van der Waals surface area contributed by atoms with Crippen LogP contribution in [0.4, 0.5) is 0 Å². The van der Waals surface area contributed by atoms with Crippen LogP contribution in [-0.2, 0) is 16.0 Å². The van der Waals surface area contributed by atoms with Gasteiger partial charge in [0.15, 0.2) is 5.79 Å². The molecule has 1 spiro atoms. The second kappa shape index (κ2) is 7.74. The van der Waals surface area contributed by atoms with Crippen LogP contribution in [0.1, 0.15) is 28.8 Å². The van der Waals surface area contributed by atoms with Crippen molar-refractivity contribution in [1.82, 2.24) is 14.7 Å². The van der Waals surface area contributed by atoms with Crippen molar-refractivity contribution in [3.8, 4) is 10.6 Å². The van der Waals surface area contributed by atoms with Gasteiger partial charge >= 0.3 is 0 Å². The Kier molecular flexibility index (Phi) is 4.95. The van der Waals surface area contributed by atoms with Crippen molar-refractivity contribution in [3.63, 3.8) is 0 Å². The number of aromatic nitrogens is 2. The van der Waals surface area contributed by atoms with E-state index in [0.717, 1.165) is 16.1 Å². The minimum absolute atomic E-state index is 0.0283. The van der Waals surface area contributed by atoms with Gasteiger partial charge in [0.2, 0.25) is 0 Å². The fourth-order valence-electron chi connectivity index (χ4n) is 4.03. The van der Waals surface area contributed by atoms with Crippen molar-refractivity contribution >= 4 is 17.2 Å². The molecule has 3 aromatic rings. The number of rotatable bonds is 4. The minimum Gasteiger partial charge on any atom is -0.347 e. The average molecular weight is 410 g/mol. The van der Waals surface area contributed by atoms with E-state index in [1.807, 2.05) is 51.5 Å². The summed E-state index contributed by atoms with van der Waals surface area (Å²) in [6, 6.07) is 14.2. The van der Waals surface area contributed by atoms with Crippen LogP contribution in [0.5, 0.6) is 0 Å². The van der Waals surface area contributed by atoms with Crippen LogP contribution < -0.4 is 0 Å². The van der Waals surface area contributed by atoms with Crippen LogP contribution in [0.15, 0.2) is 54.0 Å². The molecule has 0 aliphatic carbocycles. The van der Waals surface area contributed by atoms with E-state index < -0.39 is 5.79 Å². The van der Waals surface area contributed by atoms with Crippen LogP contribution in [0.25, 0.3) is 10.6 Å². The fourth-order valence-corrected chi connectivity index (χ4v) is 4.75. The molecule has 2 aromatic heterocycles. The summed E-state index contributed by atoms with van der Waals surface area (Å²) in [5.41, 5.74) is 2.57. The molecule has 0 bridgehead atoms. The van der Waals surface area contributed by atoms with Gasteiger partial charge in [0.1, 0.15) is 5.69 Å². The van der Waals surface area contributed by atoms with E-state index in [9.17, 15) is 4.79 Å². The first-order valence-corrected chi connectivity index (χ1v) is 10.8. The number of nitrogens with zero attached hydrogens (tertiary/aromatic N) is 3. The Morgan fingerprint density at radius 1 is 1.07 bits per heavy atom. The zero-order valence-electron chi connectivity index (χ0n) is 16.1. The monoisotopic (exact) mass is 409 g/mol. The molecule has 1 amide bonds. The van der Waals surface area contributed by atoms with E-state index in [4.69, 9.17) is 14.6 Å². The van der Waals surface area contributed by atoms with E-state index in [2.05, 4.69) is 12.1 Å². The molecule has 0 atom stereocenters. The molecule has 2 aliphatic rings. The van der Waals surface area contributed by atoms with Gasteiger partial charge in [0, 0.05) is 32.1 Å². The molecule has 150 valence electrons. The molecule has 0 saturated carbocycles. The molecule has 7 heteroatoms. The van der Waals surface area contributed by atoms with E-state index in [-0.39, 0.29) is 5.91 Å². The summed E-state index contributed by atoms with van der Waals surface area (Å²) < 4.78 is 13.5. The summed E-state index contributed by atoms with van der Waals surface area (Å²) >= 11 is 1.60. The van der Waals surface area contributed by atoms with Gasteiger partial charge in [0.25, 0.3) is 5.91 Å². The quantitative estimate of drug-likeness (QED) is 0.660. The van der Waals surface area contributed by atoms with Crippen molar-refractivity contribution in [2.24, 2.45) is 0 Å². The van der Waals surface area contributed by atoms with E-state index in [0.29, 0.717) is 51.3 Å². The summed E-state index contributed by atoms with van der Waals surface area (Å²) in [5, 5.41) is 6.78. The van der Waals surface area contributed by atoms with E-state index in [1.54, 1.807) is 11.3 Å². The predicted molar refractivity (Wildman–Crippen MR) is 111 cm³/mol. The molecule has 29 heavy (non-hydrogen) atoms. The van der Waals surface area contributed by atoms with Gasteiger partial charge in [-0.3, -0.25) is 9.48 Å². The van der Waals surface area contributed by atoms with E-state index in [1.165, 1.54) is 0 Å². The smallest absolute Gasteiger partial charge is 0.257 e. The first-order chi connectivity index (χ1) is 14.2. The SMILES string of the molecule is O=C(c1cn(Cc2ccccc2)nc1-c1cccs1)N1CCC2(CC1)OCCO2. The van der Waals surface area contributed by atoms with Crippen molar-refractivity contribution in [1.29, 1.82) is 0 Å². The molecule has 0 radical (unpaired) electrons. The number of hydrogen-bond donors (Lipinski definition) is 0. The predicted octanol–water partition coefficient (Wildman–Crippen LogP) is 3.64. The maximum atomic E-state index is 13.4. The summed E-state index contributed by atoms with van der Waals surface area (Å²) in [6.07, 6.45) is 3.31. The Bertz CT molecular complexity index is 968. The highest BCUT2D eigenvalue weighted by molar-refractivity contribution is 7.13. The maximum absolute atomic E-state index is 13.4. The van der Waals surface area contributed by atoms with Gasteiger partial charge in [-0.25, -0.2) is 0 Å². The Morgan fingerprint density at radius 2 is 1.83 bits per heavy atom. The van der Waals surface area contributed by atoms with Crippen molar-refractivity contribution in [2.45, 2.75) is 25.2 Å². The Hall–Kier alpha value is -2.48. The maximum Gasteiger partial charge on any atom is 0.257 e. The van der Waals surface area contributed by atoms with Gasteiger partial charge in [-0.2, -0.15) is 5.10 Å². The average Bonchev–Trinajstić information content (AvgIpc) is 3.50. The minimum atomic E-state index is -0.481. The summed E-state index contributed by atoms with van der Waals surface area (Å²) in [5.74, 6) is -0.453. The van der Waals surface area contributed by atoms with Crippen LogP contribution in [-0.4, -0.2) is 52.7 Å². The Balaban J connectivity index is 1.40. The Morgan fingerprint density at radius 3 is 2.52 bits per heavy atom. The van der Waals surface area contributed by atoms with E-state index >= 15 is 0 Å². The van der Waals surface area contributed by atoms with Gasteiger partial charge in [-0.05, 0) is 17.0 Å². The zero-order valence-corrected chi connectivity index (χ0v) is 16.9. The molecule has 2 aliphatic heterocycles. The fraction of sp³-hybridized carbons (Fsp3) is 0.364. The van der Waals surface area contributed by atoms with Gasteiger partial charge in [-0.1, -0.05) is 36.4 Å². The van der Waals surface area contributed by atoms with Gasteiger partial charge in [-0.15, -0.1) is 11.3 Å². The number of carbonyl (C=O) groups is 1. The summed E-state index contributed by atoms with van der Waals surface area (Å²) in [6.45, 7) is 3.18. The number of piperidine rings is 1. The second-order valence-corrected chi connectivity index (χ2v) is 8.40. The van der Waals surface area contributed by atoms with Gasteiger partial charge in [0.05, 0.1) is 30.2 Å². The number of benzene rings is 1. The molecular weight excluding hydrogens is 386 g/mol. The molecular formula is C22H23N3O3S. The van der Waals surface area contributed by atoms with Gasteiger partial charge < -0.3 is 14.4 Å². The van der Waals surface area contributed by atoms with Crippen LogP contribution in [0.2, 0.25) is 0 Å². The molecule has 0 unspecified atom stereocenters. The summed E-state index contributed by atoms with van der Waals surface area (Å²) in [4.78, 5) is 16.3. The lowest BCUT2D eigenvalue weighted by Gasteiger charge is -2.37. The van der Waals surface area contributed by atoms with Crippen molar-refractivity contribution < 1.29 is 14.3 Å². The third kappa shape index (κ3) is 3.73. The van der Waals surface area contributed by atoms with Crippen molar-refractivity contribution in [3.05, 3.63) is 65.2 Å². The highest BCUT2D eigenvalue weighted by atomic mass is 32.1. The molecule has 4 heterocycles. The zero-order chi connectivity index (χ0) is 19.7. The first kappa shape index (κ1) is 18.5. The molecule has 2 saturated heterocycles. The molecule has 1 aromatic carbocycles. The lowest BCUT2D eigenvalue weighted by molar-refractivity contribution is -0.181. The number of thiophene rings is 1. The Labute approximate surface area is 173 Å². The van der Waals surface area contributed by atoms with Crippen LogP contribution >= 0.6 is 11.3 Å². The topological polar surface area (TPSA) is 56.6 Å². The number of amides is 1. The van der Waals surface area contributed by atoms with Crippen molar-refractivity contribution in [2.75, 3.05) is 26.3 Å². The standard InChI is InChI=1S/C22H23N3O3S/c26-21(24-10-8-22(9-11-24)27-12-13-28-22)18-16-25(15-17-5-2-1-3-6-17)23-20(18)19-7-4-14-29-19/h1-7,14,16H,8-13,15H2.